The first-order valence-corrected chi connectivity index (χ1v) is 13.3. The lowest BCUT2D eigenvalue weighted by molar-refractivity contribution is 0.443. The smallest absolute Gasteiger partial charge is 0.278 e. The minimum Gasteiger partial charge on any atom is -0.311 e. The van der Waals surface area contributed by atoms with E-state index in [1.165, 1.54) is 81.9 Å². The second kappa shape index (κ2) is 9.89. The maximum absolute atomic E-state index is 11.5. The van der Waals surface area contributed by atoms with Gasteiger partial charge >= 0.3 is 0 Å². The zero-order valence-electron chi connectivity index (χ0n) is 17.7. The molecule has 0 bridgehead atoms. The van der Waals surface area contributed by atoms with Crippen molar-refractivity contribution in [3.8, 4) is 0 Å². The number of thiazole rings is 2. The first-order chi connectivity index (χ1) is 15.7. The number of aromatic nitrogens is 6. The van der Waals surface area contributed by atoms with Gasteiger partial charge in [-0.05, 0) is 25.7 Å². The van der Waals surface area contributed by atoms with Crippen LogP contribution in [0.25, 0.3) is 20.7 Å². The molecule has 4 aromatic heterocycles. The number of aromatic amines is 1. The van der Waals surface area contributed by atoms with Crippen LogP contribution < -0.4 is 5.56 Å². The van der Waals surface area contributed by atoms with Crippen LogP contribution in [0.15, 0.2) is 17.4 Å². The van der Waals surface area contributed by atoms with Crippen molar-refractivity contribution in [3.05, 3.63) is 38.2 Å². The molecule has 0 unspecified atom stereocenters. The van der Waals surface area contributed by atoms with E-state index in [9.17, 15) is 4.79 Å². The molecule has 2 aliphatic carbocycles. The van der Waals surface area contributed by atoms with Gasteiger partial charge in [0.25, 0.3) is 5.56 Å². The molecule has 4 heterocycles. The van der Waals surface area contributed by atoms with E-state index in [1.54, 1.807) is 22.7 Å². The Kier molecular flexibility index (Phi) is 6.75. The van der Waals surface area contributed by atoms with Crippen LogP contribution in [0.5, 0.6) is 0 Å². The van der Waals surface area contributed by atoms with Crippen molar-refractivity contribution in [2.75, 3.05) is 0 Å². The van der Waals surface area contributed by atoms with E-state index in [0.717, 1.165) is 20.2 Å². The Morgan fingerprint density at radius 2 is 1.34 bits per heavy atom. The molecule has 0 atom stereocenters. The van der Waals surface area contributed by atoms with Gasteiger partial charge in [0.15, 0.2) is 15.5 Å². The van der Waals surface area contributed by atoms with Gasteiger partial charge in [0.1, 0.15) is 16.7 Å². The second-order valence-electron chi connectivity index (χ2n) is 8.48. The summed E-state index contributed by atoms with van der Waals surface area (Å²) in [7, 11) is 0. The number of hydrogen-bond donors (Lipinski definition) is 1. The van der Waals surface area contributed by atoms with Crippen molar-refractivity contribution >= 4 is 55.0 Å². The van der Waals surface area contributed by atoms with Gasteiger partial charge in [-0.25, -0.2) is 24.9 Å². The number of fused-ring (bicyclic) bond motifs is 2. The highest BCUT2D eigenvalue weighted by atomic mass is 35.5. The third-order valence-corrected chi connectivity index (χ3v) is 8.82. The molecule has 1 N–H and O–H groups in total. The van der Waals surface area contributed by atoms with Gasteiger partial charge in [0.2, 0.25) is 0 Å². The molecule has 0 spiro atoms. The minimum absolute atomic E-state index is 0.122. The lowest BCUT2D eigenvalue weighted by Crippen LogP contribution is -2.07. The van der Waals surface area contributed by atoms with Crippen LogP contribution in [0.2, 0.25) is 5.15 Å². The predicted molar refractivity (Wildman–Crippen MR) is 130 cm³/mol. The Labute approximate surface area is 198 Å². The molecule has 2 aliphatic rings. The summed E-state index contributed by atoms with van der Waals surface area (Å²) in [6.45, 7) is 0. The fourth-order valence-electron chi connectivity index (χ4n) is 4.57. The van der Waals surface area contributed by atoms with Crippen LogP contribution in [0.3, 0.4) is 0 Å². The molecule has 168 valence electrons. The first-order valence-electron chi connectivity index (χ1n) is 11.3. The highest BCUT2D eigenvalue weighted by Gasteiger charge is 2.21. The monoisotopic (exact) mass is 488 g/mol. The van der Waals surface area contributed by atoms with Gasteiger partial charge in [-0.15, -0.1) is 0 Å². The standard InChI is InChI=1S/C11H12ClN3S.C11H13N3OS/c12-9-8-11(14-6-13-9)16-10(15-8)7-4-2-1-3-5-7;15-9-8-11(13-6-12-9)16-10(14-8)7-4-2-1-3-5-7/h6-7H,1-5H2;6-7H,1-5H2,(H,12,13,15). The van der Waals surface area contributed by atoms with Gasteiger partial charge in [0.05, 0.1) is 16.3 Å². The Hall–Kier alpha value is -1.97. The van der Waals surface area contributed by atoms with Gasteiger partial charge in [-0.2, -0.15) is 0 Å². The van der Waals surface area contributed by atoms with Crippen LogP contribution in [0.1, 0.15) is 86.1 Å². The lowest BCUT2D eigenvalue weighted by Gasteiger charge is -2.18. The summed E-state index contributed by atoms with van der Waals surface area (Å²) >= 11 is 9.25. The summed E-state index contributed by atoms with van der Waals surface area (Å²) in [6.07, 6.45) is 15.8. The molecular weight excluding hydrogens is 464 g/mol. The van der Waals surface area contributed by atoms with Crippen LogP contribution in [-0.2, 0) is 0 Å². The number of rotatable bonds is 2. The Morgan fingerprint density at radius 3 is 1.91 bits per heavy atom. The average molecular weight is 489 g/mol. The number of nitrogens with one attached hydrogen (secondary N) is 1. The predicted octanol–water partition coefficient (Wildman–Crippen LogP) is 6.21. The van der Waals surface area contributed by atoms with E-state index in [-0.39, 0.29) is 5.56 Å². The summed E-state index contributed by atoms with van der Waals surface area (Å²) in [5.74, 6) is 1.16. The molecule has 4 aromatic rings. The largest absolute Gasteiger partial charge is 0.311 e. The SMILES string of the molecule is Clc1ncnc2sc(C3CCCCC3)nc12.O=c1[nH]cnc2sc(C3CCCCC3)nc12. The quantitative estimate of drug-likeness (QED) is 0.336. The van der Waals surface area contributed by atoms with Crippen molar-refractivity contribution in [2.24, 2.45) is 0 Å². The number of H-pyrrole nitrogens is 1. The van der Waals surface area contributed by atoms with Crippen molar-refractivity contribution in [3.63, 3.8) is 0 Å². The maximum atomic E-state index is 11.5. The third-order valence-electron chi connectivity index (χ3n) is 6.29. The average Bonchev–Trinajstić information content (AvgIpc) is 3.47. The fraction of sp³-hybridized carbons (Fsp3) is 0.545. The van der Waals surface area contributed by atoms with E-state index in [2.05, 4.69) is 29.9 Å². The van der Waals surface area contributed by atoms with E-state index >= 15 is 0 Å². The molecule has 6 rings (SSSR count). The fourth-order valence-corrected chi connectivity index (χ4v) is 6.96. The molecule has 7 nitrogen and oxygen atoms in total. The van der Waals surface area contributed by atoms with Gasteiger partial charge in [-0.1, -0.05) is 72.8 Å². The highest BCUT2D eigenvalue weighted by Crippen LogP contribution is 2.37. The summed E-state index contributed by atoms with van der Waals surface area (Å²) in [5.41, 5.74) is 1.16. The van der Waals surface area contributed by atoms with Crippen molar-refractivity contribution < 1.29 is 0 Å². The maximum Gasteiger partial charge on any atom is 0.278 e. The Balaban J connectivity index is 0.000000135. The zero-order chi connectivity index (χ0) is 21.9. The van der Waals surface area contributed by atoms with Crippen LogP contribution >= 0.6 is 34.3 Å². The molecular formula is C22H25ClN6OS2. The van der Waals surface area contributed by atoms with Crippen LogP contribution in [0, 0.1) is 0 Å². The summed E-state index contributed by atoms with van der Waals surface area (Å²) < 4.78 is 0. The Morgan fingerprint density at radius 1 is 0.781 bits per heavy atom. The topological polar surface area (TPSA) is 97.3 Å². The molecule has 10 heteroatoms. The molecule has 0 radical (unpaired) electrons. The Bertz CT molecular complexity index is 1260. The summed E-state index contributed by atoms with van der Waals surface area (Å²) in [6, 6.07) is 0. The molecule has 0 amide bonds. The molecule has 2 fully saturated rings. The van der Waals surface area contributed by atoms with E-state index in [1.807, 2.05) is 0 Å². The van der Waals surface area contributed by atoms with E-state index in [4.69, 9.17) is 11.6 Å². The highest BCUT2D eigenvalue weighted by molar-refractivity contribution is 7.18. The number of nitrogens with zero attached hydrogens (tertiary/aromatic N) is 5. The van der Waals surface area contributed by atoms with Gasteiger partial charge in [-0.3, -0.25) is 4.79 Å². The normalized spacial score (nSPS) is 18.0. The number of halogens is 1. The van der Waals surface area contributed by atoms with Crippen molar-refractivity contribution in [1.29, 1.82) is 0 Å². The van der Waals surface area contributed by atoms with Crippen LogP contribution in [0.4, 0.5) is 0 Å². The van der Waals surface area contributed by atoms with Gasteiger partial charge < -0.3 is 4.98 Å². The van der Waals surface area contributed by atoms with E-state index < -0.39 is 0 Å². The molecule has 0 saturated heterocycles. The first kappa shape index (κ1) is 21.9. The van der Waals surface area contributed by atoms with Crippen molar-refractivity contribution in [2.45, 2.75) is 76.0 Å². The molecule has 32 heavy (non-hydrogen) atoms. The van der Waals surface area contributed by atoms with E-state index in [0.29, 0.717) is 22.5 Å². The molecule has 0 aromatic carbocycles. The molecule has 0 aliphatic heterocycles. The minimum atomic E-state index is -0.122. The third kappa shape index (κ3) is 4.70. The van der Waals surface area contributed by atoms with Crippen molar-refractivity contribution in [1.82, 2.24) is 29.9 Å². The zero-order valence-corrected chi connectivity index (χ0v) is 20.1. The summed E-state index contributed by atoms with van der Waals surface area (Å²) in [5, 5.41) is 2.76. The van der Waals surface area contributed by atoms with Crippen LogP contribution in [-0.4, -0.2) is 29.9 Å². The van der Waals surface area contributed by atoms with Gasteiger partial charge in [0, 0.05) is 11.8 Å². The molecule has 2 saturated carbocycles. The second-order valence-corrected chi connectivity index (χ2v) is 10.9. The lowest BCUT2D eigenvalue weighted by atomic mass is 9.90. The summed E-state index contributed by atoms with van der Waals surface area (Å²) in [4.78, 5) is 37.2. The number of hydrogen-bond acceptors (Lipinski definition) is 8.